The van der Waals surface area contributed by atoms with E-state index in [1.54, 1.807) is 0 Å². The Bertz CT molecular complexity index is 881. The van der Waals surface area contributed by atoms with Crippen molar-refractivity contribution in [1.29, 1.82) is 0 Å². The van der Waals surface area contributed by atoms with Gasteiger partial charge in [0.25, 0.3) is 0 Å². The van der Waals surface area contributed by atoms with E-state index in [0.29, 0.717) is 5.69 Å². The molecule has 3 aliphatic carbocycles. The minimum absolute atomic E-state index is 0.198. The maximum absolute atomic E-state index is 6.61. The first-order valence-corrected chi connectivity index (χ1v) is 7.90. The van der Waals surface area contributed by atoms with E-state index in [-0.39, 0.29) is 11.8 Å². The van der Waals surface area contributed by atoms with Crippen LogP contribution in [-0.4, -0.2) is 0 Å². The molecule has 0 saturated heterocycles. The van der Waals surface area contributed by atoms with Crippen LogP contribution in [0, 0.1) is 0 Å². The van der Waals surface area contributed by atoms with Crippen molar-refractivity contribution in [1.82, 2.24) is 0 Å². The average Bonchev–Trinajstić information content (AvgIpc) is 2.58. The molecule has 6 rings (SSSR count). The Balaban J connectivity index is 1.94. The third kappa shape index (κ3) is 1.35. The average molecular weight is 304 g/mol. The third-order valence-electron chi connectivity index (χ3n) is 5.08. The van der Waals surface area contributed by atoms with E-state index in [1.807, 2.05) is 6.07 Å². The van der Waals surface area contributed by atoms with Gasteiger partial charge in [-0.2, -0.15) is 0 Å². The van der Waals surface area contributed by atoms with E-state index in [1.165, 1.54) is 33.4 Å². The van der Waals surface area contributed by atoms with Gasteiger partial charge in [-0.1, -0.05) is 66.2 Å². The van der Waals surface area contributed by atoms with Crippen molar-refractivity contribution in [3.63, 3.8) is 0 Å². The molecule has 3 aliphatic rings. The highest BCUT2D eigenvalue weighted by Gasteiger charge is 2.42. The van der Waals surface area contributed by atoms with E-state index in [0.717, 1.165) is 5.02 Å². The molecule has 0 aromatic heterocycles. The van der Waals surface area contributed by atoms with Gasteiger partial charge in [0, 0.05) is 11.8 Å². The number of hydrogen-bond donors (Lipinski definition) is 1. The van der Waals surface area contributed by atoms with Gasteiger partial charge in [-0.15, -0.1) is 0 Å². The number of nitrogen functional groups attached to an aromatic ring is 1. The Morgan fingerprint density at radius 2 is 1.14 bits per heavy atom. The Hall–Kier alpha value is -2.25. The summed E-state index contributed by atoms with van der Waals surface area (Å²) in [7, 11) is 0. The van der Waals surface area contributed by atoms with Crippen LogP contribution >= 0.6 is 11.6 Å². The smallest absolute Gasteiger partial charge is 0.0680 e. The zero-order chi connectivity index (χ0) is 14.8. The predicted octanol–water partition coefficient (Wildman–Crippen LogP) is 4.91. The summed E-state index contributed by atoms with van der Waals surface area (Å²) in [5.41, 5.74) is 14.8. The van der Waals surface area contributed by atoms with E-state index >= 15 is 0 Å². The van der Waals surface area contributed by atoms with Crippen LogP contribution in [0.25, 0.3) is 0 Å². The molecule has 0 spiro atoms. The third-order valence-corrected chi connectivity index (χ3v) is 5.50. The molecule has 106 valence electrons. The van der Waals surface area contributed by atoms with Gasteiger partial charge < -0.3 is 5.73 Å². The van der Waals surface area contributed by atoms with Gasteiger partial charge >= 0.3 is 0 Å². The molecule has 22 heavy (non-hydrogen) atoms. The Morgan fingerprint density at radius 3 is 1.68 bits per heavy atom. The SMILES string of the molecule is Nc1ccc2c(c1Cl)C1c3ccccc3C2c2ccccc21. The first kappa shape index (κ1) is 12.3. The first-order chi connectivity index (χ1) is 10.8. The number of benzene rings is 3. The van der Waals surface area contributed by atoms with Crippen molar-refractivity contribution in [2.24, 2.45) is 0 Å². The van der Waals surface area contributed by atoms with Crippen LogP contribution < -0.4 is 5.73 Å². The molecule has 0 unspecified atom stereocenters. The molecular formula is C20H14ClN. The zero-order valence-corrected chi connectivity index (χ0v) is 12.6. The number of anilines is 1. The predicted molar refractivity (Wildman–Crippen MR) is 90.6 cm³/mol. The van der Waals surface area contributed by atoms with Crippen molar-refractivity contribution in [3.05, 3.63) is 99.1 Å². The number of hydrogen-bond acceptors (Lipinski definition) is 1. The van der Waals surface area contributed by atoms with Gasteiger partial charge in [-0.3, -0.25) is 0 Å². The lowest BCUT2D eigenvalue weighted by atomic mass is 9.61. The maximum Gasteiger partial charge on any atom is 0.0680 e. The summed E-state index contributed by atoms with van der Waals surface area (Å²) in [6.45, 7) is 0. The van der Waals surface area contributed by atoms with Crippen LogP contribution in [0.3, 0.4) is 0 Å². The lowest BCUT2D eigenvalue weighted by molar-refractivity contribution is 0.755. The summed E-state index contributed by atoms with van der Waals surface area (Å²) in [5.74, 6) is 0.467. The van der Waals surface area contributed by atoms with Crippen LogP contribution in [0.5, 0.6) is 0 Å². The van der Waals surface area contributed by atoms with Gasteiger partial charge in [0.15, 0.2) is 0 Å². The number of halogens is 1. The normalized spacial score (nSPS) is 20.2. The molecule has 2 bridgehead atoms. The second-order valence-electron chi connectivity index (χ2n) is 6.10. The van der Waals surface area contributed by atoms with Gasteiger partial charge in [-0.25, -0.2) is 0 Å². The Labute approximate surface area is 134 Å². The van der Waals surface area contributed by atoms with E-state index in [2.05, 4.69) is 54.6 Å². The molecule has 0 radical (unpaired) electrons. The van der Waals surface area contributed by atoms with Gasteiger partial charge in [0.05, 0.1) is 10.7 Å². The topological polar surface area (TPSA) is 26.0 Å². The Morgan fingerprint density at radius 1 is 0.636 bits per heavy atom. The van der Waals surface area contributed by atoms with Crippen LogP contribution in [0.15, 0.2) is 60.7 Å². The van der Waals surface area contributed by atoms with Crippen molar-refractivity contribution >= 4 is 17.3 Å². The fourth-order valence-electron chi connectivity index (χ4n) is 4.22. The van der Waals surface area contributed by atoms with Crippen LogP contribution in [-0.2, 0) is 0 Å². The zero-order valence-electron chi connectivity index (χ0n) is 11.9. The molecule has 0 fully saturated rings. The molecular weight excluding hydrogens is 290 g/mol. The second kappa shape index (κ2) is 4.15. The molecule has 0 amide bonds. The molecule has 0 atom stereocenters. The van der Waals surface area contributed by atoms with Crippen LogP contribution in [0.1, 0.15) is 45.2 Å². The van der Waals surface area contributed by atoms with Gasteiger partial charge in [0.2, 0.25) is 0 Å². The summed E-state index contributed by atoms with van der Waals surface area (Å²) >= 11 is 6.61. The summed E-state index contributed by atoms with van der Waals surface area (Å²) in [4.78, 5) is 0. The minimum Gasteiger partial charge on any atom is -0.398 e. The molecule has 3 aromatic carbocycles. The van der Waals surface area contributed by atoms with Crippen LogP contribution in [0.2, 0.25) is 5.02 Å². The van der Waals surface area contributed by atoms with Crippen molar-refractivity contribution in [3.8, 4) is 0 Å². The molecule has 1 nitrogen and oxygen atoms in total. The van der Waals surface area contributed by atoms with Crippen molar-refractivity contribution < 1.29 is 0 Å². The second-order valence-corrected chi connectivity index (χ2v) is 6.47. The van der Waals surface area contributed by atoms with E-state index in [9.17, 15) is 0 Å². The lowest BCUT2D eigenvalue weighted by Gasteiger charge is -2.42. The fraction of sp³-hybridized carbons (Fsp3) is 0.100. The monoisotopic (exact) mass is 303 g/mol. The van der Waals surface area contributed by atoms with Crippen molar-refractivity contribution in [2.45, 2.75) is 11.8 Å². The molecule has 0 saturated carbocycles. The fourth-order valence-corrected chi connectivity index (χ4v) is 4.51. The molecule has 0 heterocycles. The highest BCUT2D eigenvalue weighted by Crippen LogP contribution is 2.57. The number of rotatable bonds is 0. The van der Waals surface area contributed by atoms with Crippen molar-refractivity contribution in [2.75, 3.05) is 5.73 Å². The van der Waals surface area contributed by atoms with E-state index < -0.39 is 0 Å². The summed E-state index contributed by atoms with van der Waals surface area (Å²) in [5, 5.41) is 0.719. The standard InChI is InChI=1S/C20H14ClN/c21-20-16(22)10-9-15-17-11-5-1-3-7-13(11)18(19(15)20)14-8-4-2-6-12(14)17/h1-10,17-18H,22H2. The van der Waals surface area contributed by atoms with Gasteiger partial charge in [-0.05, 0) is 39.4 Å². The largest absolute Gasteiger partial charge is 0.398 e. The summed E-state index contributed by atoms with van der Waals surface area (Å²) in [6.07, 6.45) is 0. The first-order valence-electron chi connectivity index (χ1n) is 7.53. The quantitative estimate of drug-likeness (QED) is 0.404. The minimum atomic E-state index is 0.198. The highest BCUT2D eigenvalue weighted by atomic mass is 35.5. The molecule has 2 N–H and O–H groups in total. The van der Waals surface area contributed by atoms with Crippen LogP contribution in [0.4, 0.5) is 5.69 Å². The summed E-state index contributed by atoms with van der Waals surface area (Å²) < 4.78 is 0. The lowest BCUT2D eigenvalue weighted by Crippen LogP contribution is -2.27. The van der Waals surface area contributed by atoms with Gasteiger partial charge in [0.1, 0.15) is 0 Å². The van der Waals surface area contributed by atoms with E-state index in [4.69, 9.17) is 17.3 Å². The molecule has 2 heteroatoms. The molecule has 3 aromatic rings. The highest BCUT2D eigenvalue weighted by molar-refractivity contribution is 6.34. The number of nitrogens with two attached hydrogens (primary N) is 1. The molecule has 0 aliphatic heterocycles. The maximum atomic E-state index is 6.61. The summed E-state index contributed by atoms with van der Waals surface area (Å²) in [6, 6.07) is 21.5. The Kier molecular flexibility index (Phi) is 2.32.